The Hall–Kier alpha value is -2.31. The molecule has 0 aliphatic heterocycles. The normalized spacial score (nSPS) is 10.6. The van der Waals surface area contributed by atoms with Crippen molar-refractivity contribution >= 4 is 29.1 Å². The topological polar surface area (TPSA) is 67.9 Å². The van der Waals surface area contributed by atoms with E-state index in [1.165, 1.54) is 18.7 Å². The summed E-state index contributed by atoms with van der Waals surface area (Å²) >= 11 is 7.37. The van der Waals surface area contributed by atoms with E-state index in [0.717, 1.165) is 5.56 Å². The number of hydrogen-bond donors (Lipinski definition) is 1. The maximum Gasteiger partial charge on any atom is 0.208 e. The van der Waals surface area contributed by atoms with Crippen LogP contribution in [0.5, 0.6) is 5.75 Å². The van der Waals surface area contributed by atoms with Crippen LogP contribution < -0.4 is 4.74 Å². The Morgan fingerprint density at radius 2 is 1.96 bits per heavy atom. The van der Waals surface area contributed by atoms with Crippen LogP contribution in [0, 0.1) is 0 Å². The molecule has 3 aromatic rings. The van der Waals surface area contributed by atoms with Crippen LogP contribution in [0.25, 0.3) is 11.4 Å². The van der Waals surface area contributed by atoms with Gasteiger partial charge in [-0.2, -0.15) is 0 Å². The zero-order valence-corrected chi connectivity index (χ0v) is 15.1. The van der Waals surface area contributed by atoms with Crippen molar-refractivity contribution in [3.63, 3.8) is 0 Å². The summed E-state index contributed by atoms with van der Waals surface area (Å²) in [5.41, 5.74) is 1.52. The van der Waals surface area contributed by atoms with Gasteiger partial charge < -0.3 is 4.74 Å². The molecule has 0 saturated carbocycles. The molecule has 0 saturated heterocycles. The van der Waals surface area contributed by atoms with Gasteiger partial charge in [0.25, 0.3) is 0 Å². The SMILES string of the molecule is CC(=O)c1ccccc1OCCSc1n[nH]c(-c2ccc(Cl)cc2)n1. The number of halogens is 1. The predicted molar refractivity (Wildman–Crippen MR) is 99.5 cm³/mol. The van der Waals surface area contributed by atoms with Gasteiger partial charge in [-0.05, 0) is 43.3 Å². The molecule has 0 aliphatic carbocycles. The van der Waals surface area contributed by atoms with Crippen molar-refractivity contribution in [1.29, 1.82) is 0 Å². The first kappa shape index (κ1) is 17.5. The van der Waals surface area contributed by atoms with Crippen LogP contribution in [0.4, 0.5) is 0 Å². The van der Waals surface area contributed by atoms with Gasteiger partial charge in [-0.3, -0.25) is 9.89 Å². The molecule has 0 atom stereocenters. The van der Waals surface area contributed by atoms with Crippen LogP contribution in [0.15, 0.2) is 53.7 Å². The fourth-order valence-corrected chi connectivity index (χ4v) is 2.96. The van der Waals surface area contributed by atoms with E-state index in [2.05, 4.69) is 15.2 Å². The first-order valence-corrected chi connectivity index (χ1v) is 9.04. The summed E-state index contributed by atoms with van der Waals surface area (Å²) in [6, 6.07) is 14.6. The highest BCUT2D eigenvalue weighted by Gasteiger charge is 2.09. The first-order valence-electron chi connectivity index (χ1n) is 7.67. The minimum atomic E-state index is -0.00942. The molecule has 0 unspecified atom stereocenters. The molecule has 1 N–H and O–H groups in total. The van der Waals surface area contributed by atoms with Crippen LogP contribution in [0.2, 0.25) is 5.02 Å². The van der Waals surface area contributed by atoms with E-state index in [-0.39, 0.29) is 5.78 Å². The largest absolute Gasteiger partial charge is 0.492 e. The minimum Gasteiger partial charge on any atom is -0.492 e. The number of benzene rings is 2. The number of rotatable bonds is 7. The number of carbonyl (C=O) groups excluding carboxylic acids is 1. The lowest BCUT2D eigenvalue weighted by Gasteiger charge is -2.08. The number of nitrogens with zero attached hydrogens (tertiary/aromatic N) is 2. The Bertz CT molecular complexity index is 865. The molecule has 0 bridgehead atoms. The van der Waals surface area contributed by atoms with Gasteiger partial charge in [0.05, 0.1) is 12.2 Å². The van der Waals surface area contributed by atoms with E-state index in [4.69, 9.17) is 16.3 Å². The lowest BCUT2D eigenvalue weighted by Crippen LogP contribution is -2.04. The molecule has 5 nitrogen and oxygen atoms in total. The smallest absolute Gasteiger partial charge is 0.208 e. The van der Waals surface area contributed by atoms with Crippen molar-refractivity contribution in [2.24, 2.45) is 0 Å². The summed E-state index contributed by atoms with van der Waals surface area (Å²) in [5, 5.41) is 8.43. The highest BCUT2D eigenvalue weighted by atomic mass is 35.5. The lowest BCUT2D eigenvalue weighted by molar-refractivity contribution is 0.101. The standard InChI is InChI=1S/C18H16ClN3O2S/c1-12(23)15-4-2-3-5-16(15)24-10-11-25-18-20-17(21-22-18)13-6-8-14(19)9-7-13/h2-9H,10-11H2,1H3,(H,20,21,22). The molecule has 0 aliphatic rings. The Morgan fingerprint density at radius 1 is 1.20 bits per heavy atom. The Morgan fingerprint density at radius 3 is 2.72 bits per heavy atom. The van der Waals surface area contributed by atoms with Gasteiger partial charge in [-0.25, -0.2) is 4.98 Å². The summed E-state index contributed by atoms with van der Waals surface area (Å²) in [7, 11) is 0. The minimum absolute atomic E-state index is 0.00942. The van der Waals surface area contributed by atoms with Gasteiger partial charge in [-0.1, -0.05) is 35.5 Å². The zero-order chi connectivity index (χ0) is 17.6. The predicted octanol–water partition coefficient (Wildman–Crippen LogP) is 4.50. The molecule has 0 radical (unpaired) electrons. The van der Waals surface area contributed by atoms with Gasteiger partial charge >= 0.3 is 0 Å². The van der Waals surface area contributed by atoms with E-state index in [1.807, 2.05) is 36.4 Å². The van der Waals surface area contributed by atoms with Gasteiger partial charge in [0.1, 0.15) is 5.75 Å². The summed E-state index contributed by atoms with van der Waals surface area (Å²) in [4.78, 5) is 16.0. The van der Waals surface area contributed by atoms with Crippen LogP contribution in [0.1, 0.15) is 17.3 Å². The molecule has 7 heteroatoms. The van der Waals surface area contributed by atoms with Crippen LogP contribution >= 0.6 is 23.4 Å². The molecular formula is C18H16ClN3O2S. The van der Waals surface area contributed by atoms with E-state index in [0.29, 0.717) is 39.7 Å². The molecular weight excluding hydrogens is 358 g/mol. The summed E-state index contributed by atoms with van der Waals surface area (Å²) in [6.07, 6.45) is 0. The molecule has 1 heterocycles. The summed E-state index contributed by atoms with van der Waals surface area (Å²) in [6.45, 7) is 1.99. The van der Waals surface area contributed by atoms with Crippen molar-refractivity contribution in [2.75, 3.05) is 12.4 Å². The quantitative estimate of drug-likeness (QED) is 0.375. The Kier molecular flexibility index (Phi) is 5.73. The fraction of sp³-hybridized carbons (Fsp3) is 0.167. The molecule has 0 fully saturated rings. The maximum absolute atomic E-state index is 11.6. The lowest BCUT2D eigenvalue weighted by atomic mass is 10.1. The van der Waals surface area contributed by atoms with Crippen LogP contribution in [-0.4, -0.2) is 33.3 Å². The number of Topliss-reactive ketones (excluding diaryl/α,β-unsaturated/α-hetero) is 1. The number of thioether (sulfide) groups is 1. The number of hydrogen-bond acceptors (Lipinski definition) is 5. The second kappa shape index (κ2) is 8.18. The third kappa shape index (κ3) is 4.61. The van der Waals surface area contributed by atoms with Gasteiger partial charge in [-0.15, -0.1) is 5.10 Å². The highest BCUT2D eigenvalue weighted by molar-refractivity contribution is 7.99. The third-order valence-electron chi connectivity index (χ3n) is 3.42. The molecule has 3 rings (SSSR count). The molecule has 0 spiro atoms. The summed E-state index contributed by atoms with van der Waals surface area (Å²) in [5.74, 6) is 1.96. The number of aromatic amines is 1. The van der Waals surface area contributed by atoms with Gasteiger partial charge in [0.2, 0.25) is 5.16 Å². The zero-order valence-electron chi connectivity index (χ0n) is 13.5. The molecule has 128 valence electrons. The Labute approximate surface area is 154 Å². The van der Waals surface area contributed by atoms with Gasteiger partial charge in [0, 0.05) is 16.3 Å². The van der Waals surface area contributed by atoms with Crippen LogP contribution in [0.3, 0.4) is 0 Å². The number of ether oxygens (including phenoxy) is 1. The van der Waals surface area contributed by atoms with Crippen molar-refractivity contribution in [1.82, 2.24) is 15.2 Å². The van der Waals surface area contributed by atoms with E-state index >= 15 is 0 Å². The summed E-state index contributed by atoms with van der Waals surface area (Å²) < 4.78 is 5.70. The van der Waals surface area contributed by atoms with E-state index in [1.54, 1.807) is 12.1 Å². The molecule has 2 aromatic carbocycles. The van der Waals surface area contributed by atoms with E-state index < -0.39 is 0 Å². The monoisotopic (exact) mass is 373 g/mol. The average molecular weight is 374 g/mol. The highest BCUT2D eigenvalue weighted by Crippen LogP contribution is 2.22. The maximum atomic E-state index is 11.6. The van der Waals surface area contributed by atoms with Gasteiger partial charge in [0.15, 0.2) is 11.6 Å². The number of aromatic nitrogens is 3. The molecule has 25 heavy (non-hydrogen) atoms. The number of H-pyrrole nitrogens is 1. The number of ketones is 1. The van der Waals surface area contributed by atoms with E-state index in [9.17, 15) is 4.79 Å². The van der Waals surface area contributed by atoms with Crippen LogP contribution in [-0.2, 0) is 0 Å². The second-order valence-electron chi connectivity index (χ2n) is 5.22. The number of para-hydroxylation sites is 1. The van der Waals surface area contributed by atoms with Crippen molar-refractivity contribution in [2.45, 2.75) is 12.1 Å². The molecule has 1 aromatic heterocycles. The number of nitrogens with one attached hydrogen (secondary N) is 1. The Balaban J connectivity index is 1.53. The third-order valence-corrected chi connectivity index (χ3v) is 4.48. The first-order chi connectivity index (χ1) is 12.1. The van der Waals surface area contributed by atoms with Crippen molar-refractivity contribution < 1.29 is 9.53 Å². The van der Waals surface area contributed by atoms with Crippen molar-refractivity contribution in [3.8, 4) is 17.1 Å². The van der Waals surface area contributed by atoms with Crippen molar-refractivity contribution in [3.05, 3.63) is 59.1 Å². The molecule has 0 amide bonds. The average Bonchev–Trinajstić information content (AvgIpc) is 3.08. The number of carbonyl (C=O) groups is 1. The second-order valence-corrected chi connectivity index (χ2v) is 6.72. The fourth-order valence-electron chi connectivity index (χ4n) is 2.22.